The minimum absolute atomic E-state index is 0.185. The molecule has 106 valence electrons. The molecule has 0 aliphatic heterocycles. The van der Waals surface area contributed by atoms with Crippen LogP contribution in [0.1, 0.15) is 26.2 Å². The molecule has 1 aromatic heterocycles. The van der Waals surface area contributed by atoms with Gasteiger partial charge in [-0.3, -0.25) is 0 Å². The van der Waals surface area contributed by atoms with Gasteiger partial charge in [0.15, 0.2) is 0 Å². The Labute approximate surface area is 115 Å². The average molecular weight is 277 g/mol. The maximum atomic E-state index is 13.6. The molecule has 0 fully saturated rings. The maximum Gasteiger partial charge on any atom is 0.326 e. The van der Waals surface area contributed by atoms with E-state index in [-0.39, 0.29) is 5.52 Å². The number of unbranched alkanes of at least 4 members (excludes halogenated alkanes) is 1. The first kappa shape index (κ1) is 14.2. The Morgan fingerprint density at radius 2 is 2.25 bits per heavy atom. The van der Waals surface area contributed by atoms with Gasteiger partial charge in [0.05, 0.1) is 0 Å². The van der Waals surface area contributed by atoms with Gasteiger partial charge in [0.25, 0.3) is 0 Å². The van der Waals surface area contributed by atoms with Gasteiger partial charge in [-0.1, -0.05) is 25.8 Å². The van der Waals surface area contributed by atoms with Gasteiger partial charge in [-0.2, -0.15) is 0 Å². The largest absolute Gasteiger partial charge is 0.480 e. The Morgan fingerprint density at radius 1 is 1.45 bits per heavy atom. The number of benzene rings is 1. The molecule has 0 aliphatic carbocycles. The molecule has 0 saturated heterocycles. The highest BCUT2D eigenvalue weighted by atomic mass is 19.1. The highest BCUT2D eigenvalue weighted by Gasteiger charge is 2.18. The zero-order chi connectivity index (χ0) is 14.5. The lowest BCUT2D eigenvalue weighted by Gasteiger charge is -2.15. The van der Waals surface area contributed by atoms with E-state index >= 15 is 0 Å². The van der Waals surface area contributed by atoms with Gasteiger partial charge in [-0.25, -0.2) is 19.2 Å². The number of halogens is 1. The van der Waals surface area contributed by atoms with E-state index in [0.29, 0.717) is 17.6 Å². The van der Waals surface area contributed by atoms with Crippen molar-refractivity contribution < 1.29 is 14.3 Å². The number of fused-ring (bicyclic) bond motifs is 1. The molecule has 1 atom stereocenters. The summed E-state index contributed by atoms with van der Waals surface area (Å²) in [6.45, 7) is 1.99. The van der Waals surface area contributed by atoms with Gasteiger partial charge >= 0.3 is 5.97 Å². The van der Waals surface area contributed by atoms with E-state index in [0.717, 1.165) is 12.8 Å². The first-order valence-electron chi connectivity index (χ1n) is 6.52. The summed E-state index contributed by atoms with van der Waals surface area (Å²) in [4.78, 5) is 19.1. The van der Waals surface area contributed by atoms with Crippen LogP contribution in [0.4, 0.5) is 10.2 Å². The summed E-state index contributed by atoms with van der Waals surface area (Å²) in [7, 11) is 0. The summed E-state index contributed by atoms with van der Waals surface area (Å²) >= 11 is 0. The van der Waals surface area contributed by atoms with Crippen LogP contribution in [0, 0.1) is 5.82 Å². The normalized spacial score (nSPS) is 12.3. The first-order chi connectivity index (χ1) is 9.63. The number of aromatic nitrogens is 2. The van der Waals surface area contributed by atoms with Gasteiger partial charge in [0.1, 0.15) is 29.5 Å². The molecule has 0 bridgehead atoms. The van der Waals surface area contributed by atoms with Crippen molar-refractivity contribution in [2.45, 2.75) is 32.2 Å². The number of anilines is 1. The number of aliphatic carboxylic acids is 1. The number of hydrogen-bond donors (Lipinski definition) is 2. The van der Waals surface area contributed by atoms with Crippen LogP contribution in [-0.2, 0) is 4.79 Å². The second-order valence-electron chi connectivity index (χ2n) is 4.54. The Hall–Kier alpha value is -2.24. The SMILES string of the molecule is CCCCC(Nc1ncnc2c(F)cccc12)C(=O)O. The Kier molecular flexibility index (Phi) is 4.45. The maximum absolute atomic E-state index is 13.6. The van der Waals surface area contributed by atoms with Crippen LogP contribution in [0.15, 0.2) is 24.5 Å². The molecule has 1 aromatic carbocycles. The molecule has 2 rings (SSSR count). The monoisotopic (exact) mass is 277 g/mol. The number of para-hydroxylation sites is 1. The molecule has 6 heteroatoms. The predicted molar refractivity (Wildman–Crippen MR) is 74.1 cm³/mol. The van der Waals surface area contributed by atoms with E-state index in [9.17, 15) is 14.3 Å². The van der Waals surface area contributed by atoms with Gasteiger partial charge in [0, 0.05) is 5.39 Å². The van der Waals surface area contributed by atoms with Crippen molar-refractivity contribution in [2.24, 2.45) is 0 Å². The van der Waals surface area contributed by atoms with Gasteiger partial charge in [0.2, 0.25) is 0 Å². The molecule has 0 spiro atoms. The van der Waals surface area contributed by atoms with E-state index in [4.69, 9.17) is 0 Å². The second kappa shape index (κ2) is 6.27. The van der Waals surface area contributed by atoms with Crippen LogP contribution in [0.5, 0.6) is 0 Å². The number of nitrogens with one attached hydrogen (secondary N) is 1. The zero-order valence-corrected chi connectivity index (χ0v) is 11.1. The third kappa shape index (κ3) is 3.01. The van der Waals surface area contributed by atoms with Gasteiger partial charge in [-0.15, -0.1) is 0 Å². The smallest absolute Gasteiger partial charge is 0.326 e. The Balaban J connectivity index is 2.32. The highest BCUT2D eigenvalue weighted by molar-refractivity contribution is 5.90. The first-order valence-corrected chi connectivity index (χ1v) is 6.52. The number of carboxylic acid groups (broad SMARTS) is 1. The summed E-state index contributed by atoms with van der Waals surface area (Å²) in [6.07, 6.45) is 3.42. The van der Waals surface area contributed by atoms with Crippen LogP contribution >= 0.6 is 0 Å². The van der Waals surface area contributed by atoms with Crippen molar-refractivity contribution in [3.05, 3.63) is 30.3 Å². The lowest BCUT2D eigenvalue weighted by atomic mass is 10.1. The fourth-order valence-electron chi connectivity index (χ4n) is 2.00. The summed E-state index contributed by atoms with van der Waals surface area (Å²) in [5.74, 6) is -1.05. The third-order valence-corrected chi connectivity index (χ3v) is 3.07. The molecule has 2 aromatic rings. The topological polar surface area (TPSA) is 75.1 Å². The molecule has 2 N–H and O–H groups in total. The van der Waals surface area contributed by atoms with Crippen molar-refractivity contribution in [1.29, 1.82) is 0 Å². The third-order valence-electron chi connectivity index (χ3n) is 3.07. The van der Waals surface area contributed by atoms with Crippen LogP contribution in [0.2, 0.25) is 0 Å². The molecular weight excluding hydrogens is 261 g/mol. The molecule has 0 radical (unpaired) electrons. The molecular formula is C14H16FN3O2. The fraction of sp³-hybridized carbons (Fsp3) is 0.357. The van der Waals surface area contributed by atoms with Gasteiger partial charge < -0.3 is 10.4 Å². The molecule has 0 saturated carbocycles. The Bertz CT molecular complexity index is 618. The molecule has 0 amide bonds. The van der Waals surface area contributed by atoms with Crippen LogP contribution < -0.4 is 5.32 Å². The predicted octanol–water partition coefficient (Wildman–Crippen LogP) is 2.82. The van der Waals surface area contributed by atoms with Gasteiger partial charge in [-0.05, 0) is 18.6 Å². The minimum Gasteiger partial charge on any atom is -0.480 e. The van der Waals surface area contributed by atoms with Crippen LogP contribution in [-0.4, -0.2) is 27.1 Å². The minimum atomic E-state index is -0.943. The van der Waals surface area contributed by atoms with E-state index in [1.807, 2.05) is 6.92 Å². The van der Waals surface area contributed by atoms with E-state index in [1.165, 1.54) is 12.4 Å². The zero-order valence-electron chi connectivity index (χ0n) is 11.1. The fourth-order valence-corrected chi connectivity index (χ4v) is 2.00. The summed E-state index contributed by atoms with van der Waals surface area (Å²) in [5, 5.41) is 12.6. The van der Waals surface area contributed by atoms with E-state index in [2.05, 4.69) is 15.3 Å². The van der Waals surface area contributed by atoms with Crippen molar-refractivity contribution >= 4 is 22.7 Å². The van der Waals surface area contributed by atoms with E-state index in [1.54, 1.807) is 12.1 Å². The number of nitrogens with zero attached hydrogens (tertiary/aromatic N) is 2. The van der Waals surface area contributed by atoms with Crippen LogP contribution in [0.3, 0.4) is 0 Å². The lowest BCUT2D eigenvalue weighted by molar-refractivity contribution is -0.138. The number of rotatable bonds is 6. The summed E-state index contributed by atoms with van der Waals surface area (Å²) in [5.41, 5.74) is 0.185. The quantitative estimate of drug-likeness (QED) is 0.849. The van der Waals surface area contributed by atoms with E-state index < -0.39 is 17.8 Å². The van der Waals surface area contributed by atoms with Crippen LogP contribution in [0.25, 0.3) is 10.9 Å². The highest BCUT2D eigenvalue weighted by Crippen LogP contribution is 2.22. The molecule has 1 unspecified atom stereocenters. The number of carbonyl (C=O) groups is 1. The summed E-state index contributed by atoms with van der Waals surface area (Å²) in [6, 6.07) is 3.79. The standard InChI is InChI=1S/C14H16FN3O2/c1-2-3-7-11(14(19)20)18-13-9-5-4-6-10(15)12(9)16-8-17-13/h4-6,8,11H,2-3,7H2,1H3,(H,19,20)(H,16,17,18). The number of hydrogen-bond acceptors (Lipinski definition) is 4. The van der Waals surface area contributed by atoms with Crippen molar-refractivity contribution in [3.63, 3.8) is 0 Å². The molecule has 0 aliphatic rings. The molecule has 1 heterocycles. The van der Waals surface area contributed by atoms with Crippen molar-refractivity contribution in [2.75, 3.05) is 5.32 Å². The van der Waals surface area contributed by atoms with Crippen molar-refractivity contribution in [3.8, 4) is 0 Å². The number of carboxylic acids is 1. The molecule has 5 nitrogen and oxygen atoms in total. The second-order valence-corrected chi connectivity index (χ2v) is 4.54. The molecule has 20 heavy (non-hydrogen) atoms. The Morgan fingerprint density at radius 3 is 2.95 bits per heavy atom. The average Bonchev–Trinajstić information content (AvgIpc) is 2.44. The summed E-state index contributed by atoms with van der Waals surface area (Å²) < 4.78 is 13.6. The lowest BCUT2D eigenvalue weighted by Crippen LogP contribution is -2.29. The van der Waals surface area contributed by atoms with Crippen molar-refractivity contribution in [1.82, 2.24) is 9.97 Å².